The zero-order chi connectivity index (χ0) is 27.8. The molecule has 10 heteroatoms. The summed E-state index contributed by atoms with van der Waals surface area (Å²) < 4.78 is 11.9. The monoisotopic (exact) mass is 545 g/mol. The quantitative estimate of drug-likeness (QED) is 0.348. The van der Waals surface area contributed by atoms with Crippen LogP contribution < -0.4 is 24.5 Å². The molecule has 5 rings (SSSR count). The van der Waals surface area contributed by atoms with Gasteiger partial charge in [0.15, 0.2) is 4.80 Å². The molecular formula is C29H27N3O6S. The average Bonchev–Trinajstić information content (AvgIpc) is 3.38. The van der Waals surface area contributed by atoms with E-state index in [1.54, 1.807) is 36.1 Å². The summed E-state index contributed by atoms with van der Waals surface area (Å²) in [6, 6.07) is 13.2. The largest absolute Gasteiger partial charge is 0.466 e. The number of aromatic nitrogens is 1. The van der Waals surface area contributed by atoms with Crippen molar-refractivity contribution >= 4 is 40.4 Å². The minimum absolute atomic E-state index is 0.212. The van der Waals surface area contributed by atoms with Gasteiger partial charge in [0.1, 0.15) is 10.3 Å². The number of hydrogen-bond donors (Lipinski definition) is 0. The van der Waals surface area contributed by atoms with E-state index in [-0.39, 0.29) is 16.0 Å². The number of thiazole rings is 1. The summed E-state index contributed by atoms with van der Waals surface area (Å²) in [7, 11) is 1.27. The number of para-hydroxylation sites is 1. The first kappa shape index (κ1) is 26.3. The van der Waals surface area contributed by atoms with Crippen LogP contribution in [-0.2, 0) is 19.1 Å². The van der Waals surface area contributed by atoms with Crippen LogP contribution in [0.3, 0.4) is 0 Å². The summed E-state index contributed by atoms with van der Waals surface area (Å²) >= 11 is 1.13. The van der Waals surface area contributed by atoms with E-state index >= 15 is 0 Å². The fourth-order valence-corrected chi connectivity index (χ4v) is 6.12. The molecule has 0 aliphatic carbocycles. The summed E-state index contributed by atoms with van der Waals surface area (Å²) in [5.74, 6) is -0.961. The van der Waals surface area contributed by atoms with E-state index in [1.807, 2.05) is 24.3 Å². The molecule has 0 spiro atoms. The number of fused-ring (bicyclic) bond motifs is 2. The van der Waals surface area contributed by atoms with Crippen LogP contribution in [-0.4, -0.2) is 36.1 Å². The molecule has 1 aromatic heterocycles. The van der Waals surface area contributed by atoms with Crippen molar-refractivity contribution < 1.29 is 23.9 Å². The van der Waals surface area contributed by atoms with Crippen molar-refractivity contribution in [3.63, 3.8) is 0 Å². The lowest BCUT2D eigenvalue weighted by Crippen LogP contribution is -2.40. The molecule has 2 aliphatic rings. The molecule has 0 fully saturated rings. The van der Waals surface area contributed by atoms with E-state index in [2.05, 4.69) is 11.9 Å². The normalized spacial score (nSPS) is 17.5. The molecule has 2 aromatic carbocycles. The van der Waals surface area contributed by atoms with Gasteiger partial charge in [0.05, 0.1) is 35.7 Å². The highest BCUT2D eigenvalue weighted by molar-refractivity contribution is 7.07. The first-order valence-corrected chi connectivity index (χ1v) is 13.4. The molecule has 0 saturated heterocycles. The number of carbonyl (C=O) groups is 3. The third kappa shape index (κ3) is 4.50. The van der Waals surface area contributed by atoms with Gasteiger partial charge in [-0.2, -0.15) is 0 Å². The predicted molar refractivity (Wildman–Crippen MR) is 146 cm³/mol. The second kappa shape index (κ2) is 10.5. The Balaban J connectivity index is 1.75. The number of carbonyl (C=O) groups excluding carboxylic acids is 3. The molecule has 200 valence electrons. The highest BCUT2D eigenvalue weighted by Gasteiger charge is 2.37. The number of esters is 2. The van der Waals surface area contributed by atoms with Crippen LogP contribution in [0.1, 0.15) is 50.8 Å². The van der Waals surface area contributed by atoms with Crippen molar-refractivity contribution in [2.75, 3.05) is 18.6 Å². The Labute approximate surface area is 228 Å². The molecule has 1 amide bonds. The maximum absolute atomic E-state index is 14.1. The highest BCUT2D eigenvalue weighted by atomic mass is 32.1. The van der Waals surface area contributed by atoms with Crippen molar-refractivity contribution in [1.29, 1.82) is 0 Å². The van der Waals surface area contributed by atoms with Gasteiger partial charge in [-0.15, -0.1) is 0 Å². The summed E-state index contributed by atoms with van der Waals surface area (Å²) in [5, 5.41) is 0. The maximum Gasteiger partial charge on any atom is 0.338 e. The molecule has 0 bridgehead atoms. The highest BCUT2D eigenvalue weighted by Crippen LogP contribution is 2.36. The number of ether oxygens (including phenoxy) is 2. The third-order valence-electron chi connectivity index (χ3n) is 6.75. The Morgan fingerprint density at radius 1 is 1.08 bits per heavy atom. The van der Waals surface area contributed by atoms with Crippen LogP contribution in [0.25, 0.3) is 5.57 Å². The molecule has 9 nitrogen and oxygen atoms in total. The Morgan fingerprint density at radius 3 is 2.46 bits per heavy atom. The predicted octanol–water partition coefficient (Wildman–Crippen LogP) is 2.85. The molecule has 0 N–H and O–H groups in total. The molecule has 1 unspecified atom stereocenters. The smallest absolute Gasteiger partial charge is 0.338 e. The molecule has 39 heavy (non-hydrogen) atoms. The van der Waals surface area contributed by atoms with Crippen molar-refractivity contribution in [2.45, 2.75) is 39.7 Å². The molecule has 2 aliphatic heterocycles. The number of nitrogens with zero attached hydrogens (tertiary/aromatic N) is 3. The lowest BCUT2D eigenvalue weighted by Gasteiger charge is -2.24. The Bertz CT molecular complexity index is 1710. The third-order valence-corrected chi connectivity index (χ3v) is 7.80. The first-order chi connectivity index (χ1) is 18.8. The second-order valence-corrected chi connectivity index (χ2v) is 10.2. The van der Waals surface area contributed by atoms with E-state index in [0.717, 1.165) is 29.9 Å². The van der Waals surface area contributed by atoms with Crippen LogP contribution in [0.2, 0.25) is 0 Å². The van der Waals surface area contributed by atoms with Gasteiger partial charge in [-0.25, -0.2) is 9.79 Å². The van der Waals surface area contributed by atoms with Crippen molar-refractivity contribution in [3.05, 3.63) is 90.6 Å². The fraction of sp³-hybridized carbons (Fsp3) is 0.276. The first-order valence-electron chi connectivity index (χ1n) is 12.6. The number of rotatable bonds is 6. The van der Waals surface area contributed by atoms with E-state index in [9.17, 15) is 19.2 Å². The van der Waals surface area contributed by atoms with Crippen LogP contribution in [0.5, 0.6) is 5.75 Å². The van der Waals surface area contributed by atoms with Gasteiger partial charge in [0.2, 0.25) is 0 Å². The molecule has 3 heterocycles. The van der Waals surface area contributed by atoms with E-state index in [0.29, 0.717) is 39.5 Å². The number of unbranched alkanes of at least 4 members (excludes halogenated alkanes) is 1. The summed E-state index contributed by atoms with van der Waals surface area (Å²) in [6.07, 6.45) is 1.76. The van der Waals surface area contributed by atoms with Gasteiger partial charge < -0.3 is 14.4 Å². The van der Waals surface area contributed by atoms with Gasteiger partial charge in [-0.05, 0) is 37.1 Å². The van der Waals surface area contributed by atoms with E-state index in [4.69, 9.17) is 9.47 Å². The lowest BCUT2D eigenvalue weighted by molar-refractivity contribution is -0.136. The van der Waals surface area contributed by atoms with E-state index < -0.39 is 23.5 Å². The van der Waals surface area contributed by atoms with Gasteiger partial charge in [0, 0.05) is 19.0 Å². The zero-order valence-electron chi connectivity index (χ0n) is 22.0. The van der Waals surface area contributed by atoms with E-state index in [1.165, 1.54) is 18.6 Å². The summed E-state index contributed by atoms with van der Waals surface area (Å²) in [5.41, 5.74) is 2.63. The minimum atomic E-state index is -0.850. The Hall–Kier alpha value is -4.31. The van der Waals surface area contributed by atoms with Gasteiger partial charge in [-0.3, -0.25) is 19.0 Å². The van der Waals surface area contributed by atoms with Gasteiger partial charge in [-0.1, -0.05) is 55.0 Å². The number of methoxy groups -OCH3 is 1. The van der Waals surface area contributed by atoms with Crippen LogP contribution in [0, 0.1) is 0 Å². The molecule has 3 aromatic rings. The topological polar surface area (TPSA) is 107 Å². The van der Waals surface area contributed by atoms with Gasteiger partial charge >= 0.3 is 11.9 Å². The fourth-order valence-electron chi connectivity index (χ4n) is 4.98. The Kier molecular flexibility index (Phi) is 7.05. The number of amides is 1. The van der Waals surface area contributed by atoms with Crippen LogP contribution in [0.15, 0.2) is 69.6 Å². The molecule has 0 saturated carbocycles. The lowest BCUT2D eigenvalue weighted by atomic mass is 9.96. The number of allylic oxidation sites excluding steroid dienone is 1. The summed E-state index contributed by atoms with van der Waals surface area (Å²) in [4.78, 5) is 58.8. The molecule has 0 radical (unpaired) electrons. The van der Waals surface area contributed by atoms with Crippen molar-refractivity contribution in [1.82, 2.24) is 4.57 Å². The second-order valence-electron chi connectivity index (χ2n) is 9.26. The van der Waals surface area contributed by atoms with Crippen molar-refractivity contribution in [3.8, 4) is 5.75 Å². The maximum atomic E-state index is 14.1. The van der Waals surface area contributed by atoms with Gasteiger partial charge in [0.25, 0.3) is 11.5 Å². The van der Waals surface area contributed by atoms with Crippen molar-refractivity contribution in [2.24, 2.45) is 4.99 Å². The molecule has 1 atom stereocenters. The van der Waals surface area contributed by atoms with Crippen LogP contribution in [0.4, 0.5) is 5.69 Å². The number of benzene rings is 2. The Morgan fingerprint density at radius 2 is 1.79 bits per heavy atom. The average molecular weight is 546 g/mol. The molecular weight excluding hydrogens is 518 g/mol. The summed E-state index contributed by atoms with van der Waals surface area (Å²) in [6.45, 7) is 5.61. The number of anilines is 1. The zero-order valence-corrected chi connectivity index (χ0v) is 22.8. The number of hydrogen-bond acceptors (Lipinski definition) is 8. The standard InChI is InChI=1S/C29H27N3O6S/c1-5-6-15-31-21-10-8-7-9-20(21)23(26(31)34)25-27(35)32-24(18-11-13-19(14-12-18)38-17(3)33)22(28(36)37-4)16(2)30-29(32)39-25/h7-14,24H,5-6,15H2,1-4H3/b25-23-. The minimum Gasteiger partial charge on any atom is -0.466 e. The van der Waals surface area contributed by atoms with Crippen LogP contribution >= 0.6 is 11.3 Å². The SMILES string of the molecule is CCCCN1C(=O)/C(=c2\sc3n(c2=O)C(c2ccc(OC(C)=O)cc2)C(C(=O)OC)=C(C)N=3)c2ccccc21.